The number of hydrogen-bond donors (Lipinski definition) is 0. The smallest absolute Gasteiger partial charge is 0.0606 e. The SMILES string of the molecule is CCCCCCC#CCN1CCCCC1c1cccnc1. The maximum absolute atomic E-state index is 4.27. The van der Waals surface area contributed by atoms with Gasteiger partial charge in [-0.1, -0.05) is 44.6 Å². The summed E-state index contributed by atoms with van der Waals surface area (Å²) in [6, 6.07) is 4.76. The summed E-state index contributed by atoms with van der Waals surface area (Å²) in [5, 5.41) is 0. The van der Waals surface area contributed by atoms with Gasteiger partial charge >= 0.3 is 0 Å². The molecule has 2 rings (SSSR count). The Morgan fingerprint density at radius 2 is 2.19 bits per heavy atom. The molecule has 0 bridgehead atoms. The summed E-state index contributed by atoms with van der Waals surface area (Å²) in [5.74, 6) is 6.74. The Kier molecular flexibility index (Phi) is 7.32. The summed E-state index contributed by atoms with van der Waals surface area (Å²) in [6.45, 7) is 4.33. The Labute approximate surface area is 130 Å². The van der Waals surface area contributed by atoms with Crippen molar-refractivity contribution in [1.29, 1.82) is 0 Å². The first kappa shape index (κ1) is 16.0. The third kappa shape index (κ3) is 5.52. The number of pyridine rings is 1. The highest BCUT2D eigenvalue weighted by Crippen LogP contribution is 2.29. The molecule has 2 nitrogen and oxygen atoms in total. The first-order chi connectivity index (χ1) is 10.4. The van der Waals surface area contributed by atoms with Crippen molar-refractivity contribution in [3.63, 3.8) is 0 Å². The molecular weight excluding hydrogens is 256 g/mol. The number of piperidine rings is 1. The molecular formula is C19H28N2. The molecule has 1 aliphatic rings. The van der Waals surface area contributed by atoms with E-state index in [9.17, 15) is 0 Å². The van der Waals surface area contributed by atoms with Crippen molar-refractivity contribution in [2.24, 2.45) is 0 Å². The molecule has 0 spiro atoms. The monoisotopic (exact) mass is 284 g/mol. The zero-order valence-electron chi connectivity index (χ0n) is 13.4. The molecule has 0 N–H and O–H groups in total. The van der Waals surface area contributed by atoms with Gasteiger partial charge in [-0.25, -0.2) is 0 Å². The summed E-state index contributed by atoms with van der Waals surface area (Å²) < 4.78 is 0. The van der Waals surface area contributed by atoms with E-state index in [-0.39, 0.29) is 0 Å². The van der Waals surface area contributed by atoms with Gasteiger partial charge in [0.2, 0.25) is 0 Å². The van der Waals surface area contributed by atoms with Crippen LogP contribution in [0.1, 0.15) is 69.9 Å². The van der Waals surface area contributed by atoms with Crippen molar-refractivity contribution in [2.75, 3.05) is 13.1 Å². The highest BCUT2D eigenvalue weighted by molar-refractivity contribution is 5.16. The number of likely N-dealkylation sites (tertiary alicyclic amines) is 1. The van der Waals surface area contributed by atoms with Gasteiger partial charge in [0, 0.05) is 24.9 Å². The average Bonchev–Trinajstić information content (AvgIpc) is 2.55. The molecule has 0 saturated carbocycles. The predicted molar refractivity (Wildman–Crippen MR) is 88.9 cm³/mol. The Hall–Kier alpha value is -1.33. The summed E-state index contributed by atoms with van der Waals surface area (Å²) >= 11 is 0. The minimum absolute atomic E-state index is 0.516. The second kappa shape index (κ2) is 9.58. The Morgan fingerprint density at radius 3 is 3.00 bits per heavy atom. The number of aromatic nitrogens is 1. The Bertz CT molecular complexity index is 444. The molecule has 0 radical (unpaired) electrons. The minimum Gasteiger partial charge on any atom is -0.285 e. The second-order valence-corrected chi connectivity index (χ2v) is 5.93. The molecule has 114 valence electrons. The standard InChI is InChI=1S/C19H28N2/c1-2-3-4-5-6-7-9-15-21-16-10-8-13-19(21)18-12-11-14-20-17-18/h11-12,14,17,19H,2-6,8,10,13,15-16H2,1H3. The van der Waals surface area contributed by atoms with Crippen LogP contribution < -0.4 is 0 Å². The summed E-state index contributed by atoms with van der Waals surface area (Å²) in [4.78, 5) is 6.80. The topological polar surface area (TPSA) is 16.1 Å². The molecule has 1 aliphatic heterocycles. The molecule has 2 heteroatoms. The molecule has 1 atom stereocenters. The lowest BCUT2D eigenvalue weighted by Gasteiger charge is -2.34. The van der Waals surface area contributed by atoms with Gasteiger partial charge in [-0.05, 0) is 37.4 Å². The molecule has 2 heterocycles. The maximum Gasteiger partial charge on any atom is 0.0606 e. The van der Waals surface area contributed by atoms with Gasteiger partial charge < -0.3 is 0 Å². The van der Waals surface area contributed by atoms with E-state index in [2.05, 4.69) is 34.7 Å². The lowest BCUT2D eigenvalue weighted by atomic mass is 9.96. The van der Waals surface area contributed by atoms with Crippen LogP contribution in [0.2, 0.25) is 0 Å². The van der Waals surface area contributed by atoms with Crippen LogP contribution in [0.4, 0.5) is 0 Å². The average molecular weight is 284 g/mol. The van der Waals surface area contributed by atoms with E-state index < -0.39 is 0 Å². The van der Waals surface area contributed by atoms with Crippen LogP contribution in [0.5, 0.6) is 0 Å². The van der Waals surface area contributed by atoms with Gasteiger partial charge in [0.1, 0.15) is 0 Å². The van der Waals surface area contributed by atoms with Crippen molar-refractivity contribution in [3.05, 3.63) is 30.1 Å². The molecule has 1 aromatic rings. The van der Waals surface area contributed by atoms with Crippen molar-refractivity contribution in [2.45, 2.75) is 64.3 Å². The molecule has 1 saturated heterocycles. The van der Waals surface area contributed by atoms with Gasteiger partial charge in [0.05, 0.1) is 6.54 Å². The first-order valence-electron chi connectivity index (χ1n) is 8.51. The fourth-order valence-corrected chi connectivity index (χ4v) is 3.02. The van der Waals surface area contributed by atoms with Gasteiger partial charge in [-0.15, -0.1) is 5.92 Å². The van der Waals surface area contributed by atoms with Crippen molar-refractivity contribution in [1.82, 2.24) is 9.88 Å². The summed E-state index contributed by atoms with van der Waals surface area (Å²) in [6.07, 6.45) is 14.0. The summed E-state index contributed by atoms with van der Waals surface area (Å²) in [7, 11) is 0. The van der Waals surface area contributed by atoms with Crippen LogP contribution in [0.25, 0.3) is 0 Å². The highest BCUT2D eigenvalue weighted by atomic mass is 15.2. The van der Waals surface area contributed by atoms with E-state index in [0.717, 1.165) is 13.0 Å². The van der Waals surface area contributed by atoms with Crippen LogP contribution in [0.3, 0.4) is 0 Å². The van der Waals surface area contributed by atoms with E-state index in [0.29, 0.717) is 6.04 Å². The lowest BCUT2D eigenvalue weighted by Crippen LogP contribution is -2.33. The largest absolute Gasteiger partial charge is 0.285 e. The van der Waals surface area contributed by atoms with Gasteiger partial charge in [-0.2, -0.15) is 0 Å². The molecule has 0 aliphatic carbocycles. The zero-order valence-corrected chi connectivity index (χ0v) is 13.4. The number of unbranched alkanes of at least 4 members (excludes halogenated alkanes) is 4. The van der Waals surface area contributed by atoms with E-state index in [4.69, 9.17) is 0 Å². The van der Waals surface area contributed by atoms with E-state index in [1.807, 2.05) is 18.5 Å². The molecule has 0 amide bonds. The van der Waals surface area contributed by atoms with Gasteiger partial charge in [-0.3, -0.25) is 9.88 Å². The van der Waals surface area contributed by atoms with Crippen molar-refractivity contribution in [3.8, 4) is 11.8 Å². The molecule has 0 aromatic carbocycles. The van der Waals surface area contributed by atoms with Crippen LogP contribution in [0, 0.1) is 11.8 Å². The highest BCUT2D eigenvalue weighted by Gasteiger charge is 2.22. The van der Waals surface area contributed by atoms with Gasteiger partial charge in [0.25, 0.3) is 0 Å². The second-order valence-electron chi connectivity index (χ2n) is 5.93. The third-order valence-electron chi connectivity index (χ3n) is 4.25. The maximum atomic E-state index is 4.27. The zero-order chi connectivity index (χ0) is 14.8. The molecule has 1 aromatic heterocycles. The normalized spacial score (nSPS) is 19.0. The number of nitrogens with zero attached hydrogens (tertiary/aromatic N) is 2. The Morgan fingerprint density at radius 1 is 1.24 bits per heavy atom. The Balaban J connectivity index is 1.81. The fourth-order valence-electron chi connectivity index (χ4n) is 3.02. The van der Waals surface area contributed by atoms with Crippen molar-refractivity contribution < 1.29 is 0 Å². The predicted octanol–water partition coefficient (Wildman–Crippen LogP) is 4.58. The van der Waals surface area contributed by atoms with Crippen molar-refractivity contribution >= 4 is 0 Å². The molecule has 1 unspecified atom stereocenters. The van der Waals surface area contributed by atoms with E-state index in [1.165, 1.54) is 57.1 Å². The first-order valence-corrected chi connectivity index (χ1v) is 8.51. The number of rotatable bonds is 6. The minimum atomic E-state index is 0.516. The van der Waals surface area contributed by atoms with E-state index in [1.54, 1.807) is 0 Å². The molecule has 1 fully saturated rings. The fraction of sp³-hybridized carbons (Fsp3) is 0.632. The molecule has 21 heavy (non-hydrogen) atoms. The van der Waals surface area contributed by atoms with Crippen LogP contribution >= 0.6 is 0 Å². The van der Waals surface area contributed by atoms with E-state index >= 15 is 0 Å². The quantitative estimate of drug-likeness (QED) is 0.561. The third-order valence-corrected chi connectivity index (χ3v) is 4.25. The lowest BCUT2D eigenvalue weighted by molar-refractivity contribution is 0.169. The van der Waals surface area contributed by atoms with Gasteiger partial charge in [0.15, 0.2) is 0 Å². The summed E-state index contributed by atoms with van der Waals surface area (Å²) in [5.41, 5.74) is 1.35. The van der Waals surface area contributed by atoms with Crippen LogP contribution in [-0.4, -0.2) is 23.0 Å². The van der Waals surface area contributed by atoms with Crippen LogP contribution in [-0.2, 0) is 0 Å². The number of hydrogen-bond acceptors (Lipinski definition) is 2. The van der Waals surface area contributed by atoms with Crippen LogP contribution in [0.15, 0.2) is 24.5 Å².